The van der Waals surface area contributed by atoms with Gasteiger partial charge in [-0.05, 0) is 24.3 Å². The van der Waals surface area contributed by atoms with Crippen LogP contribution < -0.4 is 0 Å². The van der Waals surface area contributed by atoms with Gasteiger partial charge in [0.15, 0.2) is 0 Å². The molecule has 2 nitrogen and oxygen atoms in total. The fourth-order valence-electron chi connectivity index (χ4n) is 1.39. The van der Waals surface area contributed by atoms with E-state index in [0.29, 0.717) is 12.5 Å². The molecule has 0 amide bonds. The molecule has 0 fully saturated rings. The SMILES string of the molecule is O=Cc1ccc(Sc2ccc(C(F)(F)F)cn2)c(F)c1. The van der Waals surface area contributed by atoms with Crippen LogP contribution in [-0.2, 0) is 6.18 Å². The molecule has 0 unspecified atom stereocenters. The van der Waals surface area contributed by atoms with Crippen molar-refractivity contribution < 1.29 is 22.4 Å². The van der Waals surface area contributed by atoms with Gasteiger partial charge < -0.3 is 0 Å². The first-order valence-corrected chi connectivity index (χ1v) is 6.17. The number of benzene rings is 1. The molecule has 20 heavy (non-hydrogen) atoms. The Hall–Kier alpha value is -1.89. The van der Waals surface area contributed by atoms with Gasteiger partial charge in [-0.15, -0.1) is 0 Å². The maximum Gasteiger partial charge on any atom is 0.417 e. The lowest BCUT2D eigenvalue weighted by molar-refractivity contribution is -0.137. The molecule has 1 aromatic carbocycles. The van der Waals surface area contributed by atoms with Gasteiger partial charge in [0.25, 0.3) is 0 Å². The minimum absolute atomic E-state index is 0.183. The van der Waals surface area contributed by atoms with Gasteiger partial charge in [-0.3, -0.25) is 4.79 Å². The van der Waals surface area contributed by atoms with Crippen LogP contribution in [-0.4, -0.2) is 11.3 Å². The van der Waals surface area contributed by atoms with Gasteiger partial charge in [0.05, 0.1) is 5.56 Å². The maximum atomic E-state index is 13.6. The summed E-state index contributed by atoms with van der Waals surface area (Å²) in [6.07, 6.45) is -3.25. The second-order valence-corrected chi connectivity index (χ2v) is 4.85. The molecule has 1 aromatic heterocycles. The monoisotopic (exact) mass is 301 g/mol. The van der Waals surface area contributed by atoms with Crippen molar-refractivity contribution >= 4 is 18.0 Å². The first-order chi connectivity index (χ1) is 9.40. The summed E-state index contributed by atoms with van der Waals surface area (Å²) in [6.45, 7) is 0. The Bertz CT molecular complexity index is 625. The van der Waals surface area contributed by atoms with E-state index in [1.54, 1.807) is 0 Å². The molecule has 0 saturated carbocycles. The second kappa shape index (κ2) is 5.62. The van der Waals surface area contributed by atoms with Gasteiger partial charge in [-0.25, -0.2) is 9.37 Å². The minimum atomic E-state index is -4.45. The Morgan fingerprint density at radius 1 is 1.15 bits per heavy atom. The predicted octanol–water partition coefficient (Wildman–Crippen LogP) is 4.20. The number of hydrogen-bond donors (Lipinski definition) is 0. The highest BCUT2D eigenvalue weighted by atomic mass is 32.2. The van der Waals surface area contributed by atoms with Gasteiger partial charge in [0.1, 0.15) is 17.1 Å². The van der Waals surface area contributed by atoms with Crippen molar-refractivity contribution in [2.75, 3.05) is 0 Å². The highest BCUT2D eigenvalue weighted by Gasteiger charge is 2.30. The Balaban J connectivity index is 2.20. The van der Waals surface area contributed by atoms with Crippen molar-refractivity contribution in [1.82, 2.24) is 4.98 Å². The van der Waals surface area contributed by atoms with Gasteiger partial charge >= 0.3 is 6.18 Å². The van der Waals surface area contributed by atoms with Crippen LogP contribution in [0.15, 0.2) is 46.5 Å². The summed E-state index contributed by atoms with van der Waals surface area (Å²) in [7, 11) is 0. The Morgan fingerprint density at radius 3 is 2.40 bits per heavy atom. The van der Waals surface area contributed by atoms with Crippen LogP contribution in [0.3, 0.4) is 0 Å². The molecule has 0 spiro atoms. The van der Waals surface area contributed by atoms with E-state index in [4.69, 9.17) is 0 Å². The lowest BCUT2D eigenvalue weighted by Crippen LogP contribution is -2.05. The minimum Gasteiger partial charge on any atom is -0.298 e. The third-order valence-electron chi connectivity index (χ3n) is 2.37. The lowest BCUT2D eigenvalue weighted by atomic mass is 10.2. The van der Waals surface area contributed by atoms with Crippen LogP contribution in [0.1, 0.15) is 15.9 Å². The van der Waals surface area contributed by atoms with E-state index in [0.717, 1.165) is 23.9 Å². The number of carbonyl (C=O) groups is 1. The largest absolute Gasteiger partial charge is 0.417 e. The van der Waals surface area contributed by atoms with E-state index in [2.05, 4.69) is 4.98 Å². The van der Waals surface area contributed by atoms with E-state index < -0.39 is 17.6 Å². The molecule has 1 heterocycles. The van der Waals surface area contributed by atoms with Gasteiger partial charge in [0, 0.05) is 16.7 Å². The van der Waals surface area contributed by atoms with E-state index in [-0.39, 0.29) is 15.5 Å². The molecule has 0 aliphatic rings. The Labute approximate surface area is 115 Å². The number of alkyl halides is 3. The molecule has 0 aliphatic carbocycles. The number of halogens is 4. The van der Waals surface area contributed by atoms with Crippen LogP contribution in [0.25, 0.3) is 0 Å². The van der Waals surface area contributed by atoms with Crippen LogP contribution in [0.5, 0.6) is 0 Å². The number of carbonyl (C=O) groups excluding carboxylic acids is 1. The van der Waals surface area contributed by atoms with Crippen LogP contribution in [0.4, 0.5) is 17.6 Å². The fourth-order valence-corrected chi connectivity index (χ4v) is 2.15. The zero-order chi connectivity index (χ0) is 14.8. The van der Waals surface area contributed by atoms with Gasteiger partial charge in [-0.1, -0.05) is 17.8 Å². The summed E-state index contributed by atoms with van der Waals surface area (Å²) in [4.78, 5) is 14.3. The zero-order valence-electron chi connectivity index (χ0n) is 9.82. The summed E-state index contributed by atoms with van der Waals surface area (Å²) in [5, 5.41) is 0.232. The van der Waals surface area contributed by atoms with Gasteiger partial charge in [0.2, 0.25) is 0 Å². The van der Waals surface area contributed by atoms with E-state index in [1.807, 2.05) is 0 Å². The van der Waals surface area contributed by atoms with E-state index in [1.165, 1.54) is 18.2 Å². The second-order valence-electron chi connectivity index (χ2n) is 3.79. The highest BCUT2D eigenvalue weighted by molar-refractivity contribution is 7.99. The average Bonchev–Trinajstić information content (AvgIpc) is 2.40. The van der Waals surface area contributed by atoms with Crippen molar-refractivity contribution in [3.63, 3.8) is 0 Å². The number of aromatic nitrogens is 1. The van der Waals surface area contributed by atoms with Crippen LogP contribution >= 0.6 is 11.8 Å². The smallest absolute Gasteiger partial charge is 0.298 e. The molecule has 0 N–H and O–H groups in total. The van der Waals surface area contributed by atoms with E-state index >= 15 is 0 Å². The number of nitrogens with zero attached hydrogens (tertiary/aromatic N) is 1. The summed E-state index contributed by atoms with van der Waals surface area (Å²) in [5.74, 6) is -0.624. The fraction of sp³-hybridized carbons (Fsp3) is 0.0769. The summed E-state index contributed by atoms with van der Waals surface area (Å²) < 4.78 is 50.7. The van der Waals surface area contributed by atoms with Crippen molar-refractivity contribution in [2.24, 2.45) is 0 Å². The standard InChI is InChI=1S/C13H7F4NOS/c14-10-5-8(7-19)1-3-11(10)20-12-4-2-9(6-18-12)13(15,16)17/h1-7H. The molecule has 0 bridgehead atoms. The summed E-state index contributed by atoms with van der Waals surface area (Å²) >= 11 is 0.883. The van der Waals surface area contributed by atoms with Crippen LogP contribution in [0, 0.1) is 5.82 Å². The van der Waals surface area contributed by atoms with Crippen LogP contribution in [0.2, 0.25) is 0 Å². The maximum absolute atomic E-state index is 13.6. The Kier molecular flexibility index (Phi) is 4.08. The average molecular weight is 301 g/mol. The number of rotatable bonds is 3. The van der Waals surface area contributed by atoms with E-state index in [9.17, 15) is 22.4 Å². The molecular formula is C13H7F4NOS. The molecular weight excluding hydrogens is 294 g/mol. The predicted molar refractivity (Wildman–Crippen MR) is 65.1 cm³/mol. The zero-order valence-corrected chi connectivity index (χ0v) is 10.6. The van der Waals surface area contributed by atoms with Crippen molar-refractivity contribution in [3.05, 3.63) is 53.5 Å². The number of hydrogen-bond acceptors (Lipinski definition) is 3. The third kappa shape index (κ3) is 3.36. The molecule has 2 aromatic rings. The first kappa shape index (κ1) is 14.5. The first-order valence-electron chi connectivity index (χ1n) is 5.36. The summed E-state index contributed by atoms with van der Waals surface area (Å²) in [5.41, 5.74) is -0.675. The normalized spacial score (nSPS) is 11.4. The topological polar surface area (TPSA) is 30.0 Å². The highest BCUT2D eigenvalue weighted by Crippen LogP contribution is 2.32. The van der Waals surface area contributed by atoms with Crippen molar-refractivity contribution in [2.45, 2.75) is 16.1 Å². The molecule has 0 saturated heterocycles. The van der Waals surface area contributed by atoms with Crippen molar-refractivity contribution in [3.8, 4) is 0 Å². The van der Waals surface area contributed by atoms with Gasteiger partial charge in [-0.2, -0.15) is 13.2 Å². The molecule has 0 radical (unpaired) electrons. The molecule has 0 atom stereocenters. The molecule has 104 valence electrons. The molecule has 0 aliphatic heterocycles. The Morgan fingerprint density at radius 2 is 1.90 bits per heavy atom. The molecule has 2 rings (SSSR count). The van der Waals surface area contributed by atoms with Crippen molar-refractivity contribution in [1.29, 1.82) is 0 Å². The summed E-state index contributed by atoms with van der Waals surface area (Å²) in [6, 6.07) is 5.90. The molecule has 7 heteroatoms. The lowest BCUT2D eigenvalue weighted by Gasteiger charge is -2.07. The number of pyridine rings is 1. The number of aldehydes is 1. The quantitative estimate of drug-likeness (QED) is 0.628. The third-order valence-corrected chi connectivity index (χ3v) is 3.37.